The van der Waals surface area contributed by atoms with Gasteiger partial charge >= 0.3 is 0 Å². The van der Waals surface area contributed by atoms with Gasteiger partial charge in [0.15, 0.2) is 0 Å². The molecule has 1 amide bonds. The first-order valence-electron chi connectivity index (χ1n) is 9.21. The lowest BCUT2D eigenvalue weighted by molar-refractivity contribution is -0.126. The van der Waals surface area contributed by atoms with Crippen LogP contribution in [0, 0.1) is 5.92 Å². The minimum atomic E-state index is 0.136. The van der Waals surface area contributed by atoms with Crippen molar-refractivity contribution >= 4 is 11.6 Å². The number of benzene rings is 1. The highest BCUT2D eigenvalue weighted by Gasteiger charge is 2.25. The van der Waals surface area contributed by atoms with E-state index in [0.29, 0.717) is 0 Å². The lowest BCUT2D eigenvalue weighted by Crippen LogP contribution is -2.43. The Labute approximate surface area is 150 Å². The zero-order valence-corrected chi connectivity index (χ0v) is 14.9. The average molecular weight is 337 g/mol. The van der Waals surface area contributed by atoms with Crippen LogP contribution in [0.2, 0.25) is 0 Å². The van der Waals surface area contributed by atoms with Gasteiger partial charge < -0.3 is 10.2 Å². The van der Waals surface area contributed by atoms with Gasteiger partial charge in [0.25, 0.3) is 0 Å². The van der Waals surface area contributed by atoms with Crippen LogP contribution in [0.1, 0.15) is 31.7 Å². The molecule has 1 fully saturated rings. The molecule has 0 aliphatic carbocycles. The van der Waals surface area contributed by atoms with Crippen LogP contribution in [0.4, 0.5) is 5.69 Å². The molecule has 1 unspecified atom stereocenters. The maximum Gasteiger partial charge on any atom is 0.223 e. The Hall–Kier alpha value is -2.36. The molecule has 0 spiro atoms. The maximum absolute atomic E-state index is 12.5. The molecule has 2 heterocycles. The molecule has 1 N–H and O–H groups in total. The molecule has 1 aliphatic rings. The van der Waals surface area contributed by atoms with Crippen LogP contribution in [0.5, 0.6) is 0 Å². The summed E-state index contributed by atoms with van der Waals surface area (Å²) >= 11 is 0. The van der Waals surface area contributed by atoms with Gasteiger partial charge in [-0.2, -0.15) is 0 Å². The molecule has 1 aliphatic heterocycles. The zero-order chi connectivity index (χ0) is 17.5. The normalized spacial score (nSPS) is 16.4. The third-order valence-corrected chi connectivity index (χ3v) is 4.99. The molecular weight excluding hydrogens is 310 g/mol. The molecule has 1 saturated heterocycles. The summed E-state index contributed by atoms with van der Waals surface area (Å²) in [7, 11) is 0. The maximum atomic E-state index is 12.5. The van der Waals surface area contributed by atoms with Crippen molar-refractivity contribution in [1.82, 2.24) is 10.3 Å². The van der Waals surface area contributed by atoms with E-state index in [4.69, 9.17) is 0 Å². The van der Waals surface area contributed by atoms with E-state index >= 15 is 0 Å². The van der Waals surface area contributed by atoms with E-state index in [1.54, 1.807) is 0 Å². The van der Waals surface area contributed by atoms with E-state index in [2.05, 4.69) is 46.4 Å². The molecule has 2 aromatic rings. The fourth-order valence-corrected chi connectivity index (χ4v) is 3.42. The zero-order valence-electron chi connectivity index (χ0n) is 14.9. The fraction of sp³-hybridized carbons (Fsp3) is 0.429. The third-order valence-electron chi connectivity index (χ3n) is 4.99. The molecule has 1 aromatic carbocycles. The van der Waals surface area contributed by atoms with Crippen molar-refractivity contribution in [3.8, 4) is 0 Å². The minimum absolute atomic E-state index is 0.136. The lowest BCUT2D eigenvalue weighted by atomic mass is 9.95. The number of carbonyl (C=O) groups excluding carboxylic acids is 1. The van der Waals surface area contributed by atoms with Gasteiger partial charge in [0.1, 0.15) is 0 Å². The van der Waals surface area contributed by atoms with Crippen molar-refractivity contribution in [2.24, 2.45) is 5.92 Å². The summed E-state index contributed by atoms with van der Waals surface area (Å²) in [6, 6.07) is 14.7. The molecule has 25 heavy (non-hydrogen) atoms. The van der Waals surface area contributed by atoms with Gasteiger partial charge in [-0.3, -0.25) is 9.78 Å². The van der Waals surface area contributed by atoms with E-state index in [1.165, 1.54) is 11.3 Å². The first-order chi connectivity index (χ1) is 12.2. The van der Waals surface area contributed by atoms with Gasteiger partial charge in [0.2, 0.25) is 5.91 Å². The van der Waals surface area contributed by atoms with Gasteiger partial charge in [0, 0.05) is 43.1 Å². The Bertz CT molecular complexity index is 651. The van der Waals surface area contributed by atoms with E-state index in [0.717, 1.165) is 38.8 Å². The van der Waals surface area contributed by atoms with Crippen LogP contribution in [-0.4, -0.2) is 30.0 Å². The molecule has 3 rings (SSSR count). The Morgan fingerprint density at radius 1 is 1.16 bits per heavy atom. The molecule has 0 bridgehead atoms. The molecule has 1 aromatic heterocycles. The number of amides is 1. The summed E-state index contributed by atoms with van der Waals surface area (Å²) < 4.78 is 0. The summed E-state index contributed by atoms with van der Waals surface area (Å²) in [6.07, 6.45) is 7.46. The monoisotopic (exact) mass is 337 g/mol. The van der Waals surface area contributed by atoms with Gasteiger partial charge in [-0.05, 0) is 50.3 Å². The number of piperidine rings is 1. The number of hydrogen-bond acceptors (Lipinski definition) is 3. The second kappa shape index (κ2) is 8.65. The summed E-state index contributed by atoms with van der Waals surface area (Å²) in [5.74, 6) is 0.354. The largest absolute Gasteiger partial charge is 0.371 e. The molecule has 1 atom stereocenters. The van der Waals surface area contributed by atoms with Crippen LogP contribution in [0.3, 0.4) is 0 Å². The van der Waals surface area contributed by atoms with Crippen molar-refractivity contribution in [3.63, 3.8) is 0 Å². The lowest BCUT2D eigenvalue weighted by Gasteiger charge is -2.33. The number of rotatable bonds is 6. The number of pyridine rings is 1. The highest BCUT2D eigenvalue weighted by molar-refractivity contribution is 5.79. The molecule has 0 radical (unpaired) electrons. The van der Waals surface area contributed by atoms with Gasteiger partial charge in [-0.15, -0.1) is 0 Å². The van der Waals surface area contributed by atoms with E-state index < -0.39 is 0 Å². The summed E-state index contributed by atoms with van der Waals surface area (Å²) in [4.78, 5) is 18.9. The van der Waals surface area contributed by atoms with Gasteiger partial charge in [-0.25, -0.2) is 0 Å². The number of anilines is 1. The number of hydrogen-bond donors (Lipinski definition) is 1. The van der Waals surface area contributed by atoms with Crippen LogP contribution in [0.25, 0.3) is 0 Å². The standard InChI is InChI=1S/C21H27N3O/c1-17(7-8-18-5-3-2-4-6-18)23-21(25)19-11-15-24(16-12-19)20-9-13-22-14-10-20/h2-6,9-10,13-14,17,19H,7-8,11-12,15-16H2,1H3,(H,23,25). The van der Waals surface area contributed by atoms with Crippen molar-refractivity contribution in [3.05, 3.63) is 60.4 Å². The van der Waals surface area contributed by atoms with Crippen molar-refractivity contribution in [2.75, 3.05) is 18.0 Å². The highest BCUT2D eigenvalue weighted by Crippen LogP contribution is 2.23. The van der Waals surface area contributed by atoms with Crippen LogP contribution in [0.15, 0.2) is 54.9 Å². The third kappa shape index (κ3) is 5.05. The van der Waals surface area contributed by atoms with E-state index in [9.17, 15) is 4.79 Å². The molecule has 132 valence electrons. The first-order valence-corrected chi connectivity index (χ1v) is 9.21. The molecule has 4 nitrogen and oxygen atoms in total. The van der Waals surface area contributed by atoms with E-state index in [1.807, 2.05) is 30.6 Å². The second-order valence-electron chi connectivity index (χ2n) is 6.90. The van der Waals surface area contributed by atoms with E-state index in [-0.39, 0.29) is 17.9 Å². The van der Waals surface area contributed by atoms with Crippen molar-refractivity contribution in [2.45, 2.75) is 38.6 Å². The number of carbonyl (C=O) groups is 1. The summed E-state index contributed by atoms with van der Waals surface area (Å²) in [5, 5.41) is 3.21. The second-order valence-corrected chi connectivity index (χ2v) is 6.90. The van der Waals surface area contributed by atoms with Crippen LogP contribution in [-0.2, 0) is 11.2 Å². The summed E-state index contributed by atoms with van der Waals surface area (Å²) in [6.45, 7) is 3.97. The quantitative estimate of drug-likeness (QED) is 0.878. The molecular formula is C21H27N3O. The Balaban J connectivity index is 1.41. The minimum Gasteiger partial charge on any atom is -0.371 e. The first kappa shape index (κ1) is 17.5. The average Bonchev–Trinajstić information content (AvgIpc) is 2.68. The Morgan fingerprint density at radius 3 is 2.52 bits per heavy atom. The smallest absolute Gasteiger partial charge is 0.223 e. The number of aryl methyl sites for hydroxylation is 1. The van der Waals surface area contributed by atoms with Gasteiger partial charge in [0.05, 0.1) is 0 Å². The Morgan fingerprint density at radius 2 is 1.84 bits per heavy atom. The number of aromatic nitrogens is 1. The van der Waals surface area contributed by atoms with Crippen molar-refractivity contribution < 1.29 is 4.79 Å². The molecule has 4 heteroatoms. The van der Waals surface area contributed by atoms with Crippen LogP contribution >= 0.6 is 0 Å². The fourth-order valence-electron chi connectivity index (χ4n) is 3.42. The predicted octanol–water partition coefficient (Wildman–Crippen LogP) is 3.44. The SMILES string of the molecule is CC(CCc1ccccc1)NC(=O)C1CCN(c2ccncc2)CC1. The summed E-state index contributed by atoms with van der Waals surface area (Å²) in [5.41, 5.74) is 2.53. The molecule has 0 saturated carbocycles. The van der Waals surface area contributed by atoms with Gasteiger partial charge in [-0.1, -0.05) is 30.3 Å². The number of nitrogens with one attached hydrogen (secondary N) is 1. The van der Waals surface area contributed by atoms with Crippen molar-refractivity contribution in [1.29, 1.82) is 0 Å². The predicted molar refractivity (Wildman–Crippen MR) is 102 cm³/mol. The van der Waals surface area contributed by atoms with Crippen LogP contribution < -0.4 is 10.2 Å². The number of nitrogens with zero attached hydrogens (tertiary/aromatic N) is 2. The Kier molecular flexibility index (Phi) is 6.04. The highest BCUT2D eigenvalue weighted by atomic mass is 16.1. The topological polar surface area (TPSA) is 45.2 Å².